The Bertz CT molecular complexity index is 875. The summed E-state index contributed by atoms with van der Waals surface area (Å²) in [5.41, 5.74) is 0.884. The lowest BCUT2D eigenvalue weighted by Gasteiger charge is -2.11. The second-order valence-corrected chi connectivity index (χ2v) is 7.39. The van der Waals surface area contributed by atoms with Crippen LogP contribution in [0.3, 0.4) is 0 Å². The van der Waals surface area contributed by atoms with E-state index in [2.05, 4.69) is 21.0 Å². The van der Waals surface area contributed by atoms with E-state index >= 15 is 0 Å². The molecule has 9 heteroatoms. The highest BCUT2D eigenvalue weighted by atomic mass is 19.1. The summed E-state index contributed by atoms with van der Waals surface area (Å²) in [5, 5.41) is 12.5. The summed E-state index contributed by atoms with van der Waals surface area (Å²) >= 11 is 0. The highest BCUT2D eigenvalue weighted by molar-refractivity contribution is 5.94. The maximum Gasteiger partial charge on any atom is 0.251 e. The van der Waals surface area contributed by atoms with Crippen LogP contribution in [0.4, 0.5) is 10.1 Å². The van der Waals surface area contributed by atoms with Crippen molar-refractivity contribution in [1.29, 1.82) is 0 Å². The standard InChI is InChI=1S/C21H26FN5O3/c22-16-9-7-15(8-10-16)21(30)23-11-3-6-19(28)26-18-12-24-27(13-18)14-20(29)25-17-4-1-2-5-17/h7-10,12-13,17H,1-6,11,14H2,(H,23,30)(H,25,29)(H,26,28). The molecule has 1 aromatic heterocycles. The maximum atomic E-state index is 12.9. The van der Waals surface area contributed by atoms with Crippen LogP contribution < -0.4 is 16.0 Å². The summed E-state index contributed by atoms with van der Waals surface area (Å²) < 4.78 is 14.4. The Hall–Kier alpha value is -3.23. The van der Waals surface area contributed by atoms with E-state index in [4.69, 9.17) is 0 Å². The predicted molar refractivity (Wildman–Crippen MR) is 109 cm³/mol. The molecule has 3 N–H and O–H groups in total. The van der Waals surface area contributed by atoms with Gasteiger partial charge >= 0.3 is 0 Å². The van der Waals surface area contributed by atoms with E-state index < -0.39 is 5.82 Å². The number of rotatable bonds is 9. The third kappa shape index (κ3) is 6.68. The topological polar surface area (TPSA) is 105 Å². The summed E-state index contributed by atoms with van der Waals surface area (Å²) in [4.78, 5) is 36.0. The molecule has 0 unspecified atom stereocenters. The van der Waals surface area contributed by atoms with Gasteiger partial charge in [0.15, 0.2) is 0 Å². The molecule has 0 bridgehead atoms. The van der Waals surface area contributed by atoms with Crippen LogP contribution in [0.2, 0.25) is 0 Å². The van der Waals surface area contributed by atoms with Crippen LogP contribution in [0.15, 0.2) is 36.7 Å². The van der Waals surface area contributed by atoms with E-state index in [1.165, 1.54) is 35.1 Å². The van der Waals surface area contributed by atoms with Crippen molar-refractivity contribution < 1.29 is 18.8 Å². The van der Waals surface area contributed by atoms with E-state index in [9.17, 15) is 18.8 Å². The van der Waals surface area contributed by atoms with Gasteiger partial charge in [0, 0.05) is 30.8 Å². The third-order valence-electron chi connectivity index (χ3n) is 4.92. The van der Waals surface area contributed by atoms with Crippen molar-refractivity contribution in [3.05, 3.63) is 48.0 Å². The van der Waals surface area contributed by atoms with Gasteiger partial charge in [-0.05, 0) is 43.5 Å². The first-order chi connectivity index (χ1) is 14.5. The number of aromatic nitrogens is 2. The molecule has 1 aliphatic carbocycles. The molecule has 1 heterocycles. The minimum absolute atomic E-state index is 0.0835. The lowest BCUT2D eigenvalue weighted by atomic mass is 10.2. The van der Waals surface area contributed by atoms with Crippen molar-refractivity contribution in [3.63, 3.8) is 0 Å². The molecule has 0 aliphatic heterocycles. The third-order valence-corrected chi connectivity index (χ3v) is 4.92. The Balaban J connectivity index is 1.33. The zero-order valence-electron chi connectivity index (χ0n) is 16.7. The number of benzene rings is 1. The van der Waals surface area contributed by atoms with Gasteiger partial charge in [-0.2, -0.15) is 5.10 Å². The molecule has 160 valence electrons. The highest BCUT2D eigenvalue weighted by Crippen LogP contribution is 2.17. The Morgan fingerprint density at radius 1 is 1.10 bits per heavy atom. The average Bonchev–Trinajstić information content (AvgIpc) is 3.37. The molecule has 3 rings (SSSR count). The van der Waals surface area contributed by atoms with Crippen LogP contribution in [-0.4, -0.2) is 40.1 Å². The van der Waals surface area contributed by atoms with Gasteiger partial charge in [0.1, 0.15) is 12.4 Å². The Morgan fingerprint density at radius 3 is 2.57 bits per heavy atom. The summed E-state index contributed by atoms with van der Waals surface area (Å²) in [6, 6.07) is 5.52. The summed E-state index contributed by atoms with van der Waals surface area (Å²) in [5.74, 6) is -1.01. The maximum absolute atomic E-state index is 12.9. The second-order valence-electron chi connectivity index (χ2n) is 7.39. The molecule has 8 nitrogen and oxygen atoms in total. The quantitative estimate of drug-likeness (QED) is 0.546. The molecule has 0 atom stereocenters. The highest BCUT2D eigenvalue weighted by Gasteiger charge is 2.17. The van der Waals surface area contributed by atoms with Gasteiger partial charge in [-0.1, -0.05) is 12.8 Å². The molecule has 0 radical (unpaired) electrons. The molecular formula is C21H26FN5O3. The number of nitrogens with zero attached hydrogens (tertiary/aromatic N) is 2. The monoisotopic (exact) mass is 415 g/mol. The van der Waals surface area contributed by atoms with Crippen molar-refractivity contribution in [1.82, 2.24) is 20.4 Å². The predicted octanol–water partition coefficient (Wildman–Crippen LogP) is 2.23. The number of carbonyl (C=O) groups is 3. The molecule has 1 saturated carbocycles. The molecule has 3 amide bonds. The van der Waals surface area contributed by atoms with Gasteiger partial charge in [0.25, 0.3) is 5.91 Å². The van der Waals surface area contributed by atoms with Crippen LogP contribution in [-0.2, 0) is 16.1 Å². The van der Waals surface area contributed by atoms with E-state index in [1.807, 2.05) is 0 Å². The zero-order valence-corrected chi connectivity index (χ0v) is 16.7. The van der Waals surface area contributed by atoms with Gasteiger partial charge in [0.2, 0.25) is 11.8 Å². The lowest BCUT2D eigenvalue weighted by Crippen LogP contribution is -2.35. The molecular weight excluding hydrogens is 389 g/mol. The van der Waals surface area contributed by atoms with E-state index in [0.29, 0.717) is 24.2 Å². The molecule has 0 saturated heterocycles. The van der Waals surface area contributed by atoms with E-state index in [-0.39, 0.29) is 36.7 Å². The van der Waals surface area contributed by atoms with Gasteiger partial charge in [-0.25, -0.2) is 4.39 Å². The first kappa shape index (κ1) is 21.5. The first-order valence-corrected chi connectivity index (χ1v) is 10.1. The average molecular weight is 415 g/mol. The van der Waals surface area contributed by atoms with Gasteiger partial charge < -0.3 is 16.0 Å². The summed E-state index contributed by atoms with van der Waals surface area (Å²) in [7, 11) is 0. The summed E-state index contributed by atoms with van der Waals surface area (Å²) in [6.07, 6.45) is 8.14. The fourth-order valence-corrected chi connectivity index (χ4v) is 3.38. The van der Waals surface area contributed by atoms with Crippen LogP contribution in [0.5, 0.6) is 0 Å². The molecule has 0 spiro atoms. The Labute approximate surface area is 174 Å². The second kappa shape index (κ2) is 10.5. The van der Waals surface area contributed by atoms with Crippen LogP contribution in [0.25, 0.3) is 0 Å². The number of hydrogen-bond acceptors (Lipinski definition) is 4. The van der Waals surface area contributed by atoms with Crippen molar-refractivity contribution >= 4 is 23.4 Å². The van der Waals surface area contributed by atoms with Crippen molar-refractivity contribution in [2.45, 2.75) is 51.1 Å². The number of nitrogens with one attached hydrogen (secondary N) is 3. The van der Waals surface area contributed by atoms with E-state index in [1.54, 1.807) is 6.20 Å². The number of halogens is 1. The molecule has 1 aliphatic rings. The van der Waals surface area contributed by atoms with Crippen molar-refractivity contribution in [2.75, 3.05) is 11.9 Å². The Morgan fingerprint density at radius 2 is 1.83 bits per heavy atom. The number of carbonyl (C=O) groups excluding carboxylic acids is 3. The summed E-state index contributed by atoms with van der Waals surface area (Å²) in [6.45, 7) is 0.437. The van der Waals surface area contributed by atoms with Gasteiger partial charge in [0.05, 0.1) is 11.9 Å². The number of hydrogen-bond donors (Lipinski definition) is 3. The van der Waals surface area contributed by atoms with Crippen LogP contribution in [0, 0.1) is 5.82 Å². The fraction of sp³-hybridized carbons (Fsp3) is 0.429. The molecule has 2 aromatic rings. The van der Waals surface area contributed by atoms with E-state index in [0.717, 1.165) is 25.7 Å². The molecule has 1 fully saturated rings. The minimum atomic E-state index is -0.402. The molecule has 1 aromatic carbocycles. The molecule has 30 heavy (non-hydrogen) atoms. The first-order valence-electron chi connectivity index (χ1n) is 10.1. The number of amides is 3. The van der Waals surface area contributed by atoms with Gasteiger partial charge in [-0.3, -0.25) is 19.1 Å². The Kier molecular flexibility index (Phi) is 7.53. The minimum Gasteiger partial charge on any atom is -0.352 e. The smallest absolute Gasteiger partial charge is 0.251 e. The van der Waals surface area contributed by atoms with Crippen molar-refractivity contribution in [3.8, 4) is 0 Å². The zero-order chi connectivity index (χ0) is 21.3. The van der Waals surface area contributed by atoms with Crippen molar-refractivity contribution in [2.24, 2.45) is 0 Å². The fourth-order valence-electron chi connectivity index (χ4n) is 3.38. The lowest BCUT2D eigenvalue weighted by molar-refractivity contribution is -0.122. The van der Waals surface area contributed by atoms with Gasteiger partial charge in [-0.15, -0.1) is 0 Å². The normalized spacial score (nSPS) is 13.8. The number of anilines is 1. The largest absolute Gasteiger partial charge is 0.352 e. The van der Waals surface area contributed by atoms with Crippen LogP contribution in [0.1, 0.15) is 48.9 Å². The van der Waals surface area contributed by atoms with Crippen LogP contribution >= 0.6 is 0 Å². The SMILES string of the molecule is O=C(CCCNC(=O)c1ccc(F)cc1)Nc1cnn(CC(=O)NC2CCCC2)c1.